The number of fused-ring (bicyclic) bond motifs is 5. The number of nitrogens with zero attached hydrogens (tertiary/aromatic N) is 1. The van der Waals surface area contributed by atoms with Gasteiger partial charge >= 0.3 is 6.18 Å². The molecule has 4 saturated carbocycles. The van der Waals surface area contributed by atoms with Crippen molar-refractivity contribution in [3.63, 3.8) is 0 Å². The van der Waals surface area contributed by atoms with E-state index in [1.165, 1.54) is 12.1 Å². The van der Waals surface area contributed by atoms with Gasteiger partial charge in [0.05, 0.1) is 5.56 Å². The lowest BCUT2D eigenvalue weighted by Gasteiger charge is -2.58. The number of amides is 2. The van der Waals surface area contributed by atoms with E-state index >= 15 is 0 Å². The fraction of sp³-hybridized carbons (Fsp3) is 0.677. The predicted octanol–water partition coefficient (Wildman–Crippen LogP) is 6.89. The van der Waals surface area contributed by atoms with Gasteiger partial charge in [-0.3, -0.25) is 9.59 Å². The predicted molar refractivity (Wildman–Crippen MR) is 140 cm³/mol. The Morgan fingerprint density at radius 3 is 2.34 bits per heavy atom. The smallest absolute Gasteiger partial charge is 0.349 e. The van der Waals surface area contributed by atoms with E-state index < -0.39 is 11.7 Å². The molecule has 1 aromatic rings. The quantitative estimate of drug-likeness (QED) is 0.464. The molecule has 4 aliphatic carbocycles. The van der Waals surface area contributed by atoms with Crippen LogP contribution in [0.4, 0.5) is 18.9 Å². The van der Waals surface area contributed by atoms with Crippen LogP contribution in [0.5, 0.6) is 0 Å². The van der Waals surface area contributed by atoms with Gasteiger partial charge in [0, 0.05) is 29.1 Å². The maximum atomic E-state index is 14.4. The Morgan fingerprint density at radius 1 is 0.947 bits per heavy atom. The monoisotopic (exact) mass is 528 g/mol. The molecule has 4 fully saturated rings. The van der Waals surface area contributed by atoms with Gasteiger partial charge in [-0.2, -0.15) is 13.2 Å². The van der Waals surface area contributed by atoms with E-state index in [0.29, 0.717) is 23.4 Å². The van der Waals surface area contributed by atoms with Gasteiger partial charge in [-0.25, -0.2) is 0 Å². The first-order valence-electron chi connectivity index (χ1n) is 14.5. The molecule has 4 nitrogen and oxygen atoms in total. The molecule has 5 aliphatic rings. The summed E-state index contributed by atoms with van der Waals surface area (Å²) in [6.45, 7) is 4.62. The van der Waals surface area contributed by atoms with Gasteiger partial charge < -0.3 is 10.2 Å². The van der Waals surface area contributed by atoms with Gasteiger partial charge in [0.25, 0.3) is 0 Å². The zero-order valence-electron chi connectivity index (χ0n) is 22.4. The first kappa shape index (κ1) is 25.9. The number of carbonyl (C=O) groups is 2. The van der Waals surface area contributed by atoms with Crippen LogP contribution in [0.25, 0.3) is 0 Å². The Bertz CT molecular complexity index is 1120. The minimum atomic E-state index is -4.39. The average Bonchev–Trinajstić information content (AvgIpc) is 3.52. The number of halogens is 3. The number of nitrogens with one attached hydrogen (secondary N) is 1. The highest BCUT2D eigenvalue weighted by Gasteiger charge is 2.61. The van der Waals surface area contributed by atoms with Crippen molar-refractivity contribution in [2.75, 3.05) is 4.90 Å². The van der Waals surface area contributed by atoms with Crippen LogP contribution in [0, 0.1) is 34.5 Å². The largest absolute Gasteiger partial charge is 0.416 e. The molecular formula is C31H39F3N2O2. The number of anilines is 1. The van der Waals surface area contributed by atoms with Crippen molar-refractivity contribution < 1.29 is 22.8 Å². The molecule has 1 N–H and O–H groups in total. The highest BCUT2D eigenvalue weighted by atomic mass is 19.4. The van der Waals surface area contributed by atoms with Gasteiger partial charge in [0.15, 0.2) is 0 Å². The van der Waals surface area contributed by atoms with Crippen LogP contribution >= 0.6 is 0 Å². The minimum Gasteiger partial charge on any atom is -0.349 e. The summed E-state index contributed by atoms with van der Waals surface area (Å²) in [4.78, 5) is 28.3. The topological polar surface area (TPSA) is 49.4 Å². The Balaban J connectivity index is 1.28. The lowest BCUT2D eigenvalue weighted by molar-refractivity contribution is -0.137. The maximum Gasteiger partial charge on any atom is 0.416 e. The normalized spacial score (nSPS) is 38.8. The third kappa shape index (κ3) is 4.02. The summed E-state index contributed by atoms with van der Waals surface area (Å²) in [6.07, 6.45) is 9.31. The molecule has 0 saturated heterocycles. The van der Waals surface area contributed by atoms with E-state index in [1.54, 1.807) is 6.08 Å². The molecule has 1 aliphatic heterocycles. The fourth-order valence-electron chi connectivity index (χ4n) is 9.40. The number of carbonyl (C=O) groups excluding carboxylic acids is 2. The van der Waals surface area contributed by atoms with Crippen molar-refractivity contribution in [2.45, 2.75) is 96.3 Å². The Labute approximate surface area is 223 Å². The molecule has 0 bridgehead atoms. The molecular weight excluding hydrogens is 489 g/mol. The lowest BCUT2D eigenvalue weighted by atomic mass is 9.48. The lowest BCUT2D eigenvalue weighted by Crippen LogP contribution is -2.59. The highest BCUT2D eigenvalue weighted by molar-refractivity contribution is 5.96. The van der Waals surface area contributed by atoms with Crippen molar-refractivity contribution in [3.05, 3.63) is 42.0 Å². The molecule has 7 atom stereocenters. The first-order valence-corrected chi connectivity index (χ1v) is 14.5. The van der Waals surface area contributed by atoms with Gasteiger partial charge in [-0.1, -0.05) is 32.8 Å². The number of hydrogen-bond acceptors (Lipinski definition) is 2. The molecule has 2 unspecified atom stereocenters. The van der Waals surface area contributed by atoms with Crippen molar-refractivity contribution in [1.29, 1.82) is 0 Å². The zero-order chi connectivity index (χ0) is 26.9. The van der Waals surface area contributed by atoms with Gasteiger partial charge in [-0.05, 0) is 105 Å². The maximum absolute atomic E-state index is 14.4. The van der Waals surface area contributed by atoms with E-state index in [-0.39, 0.29) is 40.6 Å². The molecule has 2 amide bonds. The van der Waals surface area contributed by atoms with Crippen molar-refractivity contribution in [1.82, 2.24) is 5.32 Å². The van der Waals surface area contributed by atoms with Gasteiger partial charge in [0.1, 0.15) is 0 Å². The van der Waals surface area contributed by atoms with E-state index in [1.807, 2.05) is 4.90 Å². The molecule has 0 spiro atoms. The second-order valence-corrected chi connectivity index (χ2v) is 13.1. The molecule has 0 aromatic heterocycles. The van der Waals surface area contributed by atoms with Crippen LogP contribution in [-0.4, -0.2) is 23.9 Å². The molecule has 6 rings (SSSR count). The van der Waals surface area contributed by atoms with Crippen LogP contribution < -0.4 is 10.2 Å². The van der Waals surface area contributed by atoms with E-state index in [4.69, 9.17) is 0 Å². The molecule has 7 heteroatoms. The summed E-state index contributed by atoms with van der Waals surface area (Å²) in [5.74, 6) is 1.49. The Morgan fingerprint density at radius 2 is 1.66 bits per heavy atom. The number of alkyl halides is 3. The summed E-state index contributed by atoms with van der Waals surface area (Å²) < 4.78 is 39.7. The van der Waals surface area contributed by atoms with Crippen molar-refractivity contribution >= 4 is 17.5 Å². The minimum absolute atomic E-state index is 0.00775. The summed E-state index contributed by atoms with van der Waals surface area (Å²) >= 11 is 0. The summed E-state index contributed by atoms with van der Waals surface area (Å²) in [6, 6.07) is 5.47. The second kappa shape index (κ2) is 9.12. The van der Waals surface area contributed by atoms with E-state index in [0.717, 1.165) is 76.3 Å². The van der Waals surface area contributed by atoms with Crippen LogP contribution in [0.3, 0.4) is 0 Å². The average molecular weight is 529 g/mol. The van der Waals surface area contributed by atoms with Gasteiger partial charge in [-0.15, -0.1) is 0 Å². The highest BCUT2D eigenvalue weighted by Crippen LogP contribution is 2.65. The third-order valence-corrected chi connectivity index (χ3v) is 11.4. The summed E-state index contributed by atoms with van der Waals surface area (Å²) in [5.41, 5.74) is -0.225. The van der Waals surface area contributed by atoms with Gasteiger partial charge in [0.2, 0.25) is 11.8 Å². The summed E-state index contributed by atoms with van der Waals surface area (Å²) in [7, 11) is 0. The molecule has 1 aromatic carbocycles. The van der Waals surface area contributed by atoms with Crippen LogP contribution in [0.15, 0.2) is 36.4 Å². The van der Waals surface area contributed by atoms with Crippen LogP contribution in [0.2, 0.25) is 0 Å². The fourth-order valence-corrected chi connectivity index (χ4v) is 9.40. The zero-order valence-corrected chi connectivity index (χ0v) is 22.4. The Hall–Kier alpha value is -2.31. The third-order valence-electron chi connectivity index (χ3n) is 11.4. The molecule has 38 heavy (non-hydrogen) atoms. The molecule has 0 radical (unpaired) electrons. The van der Waals surface area contributed by atoms with Crippen LogP contribution in [-0.2, 0) is 15.8 Å². The van der Waals surface area contributed by atoms with Crippen LogP contribution in [0.1, 0.15) is 83.6 Å². The number of benzene rings is 1. The van der Waals surface area contributed by atoms with Crippen molar-refractivity contribution in [3.8, 4) is 0 Å². The van der Waals surface area contributed by atoms with Crippen molar-refractivity contribution in [2.24, 2.45) is 34.5 Å². The SMILES string of the molecule is C[C@]12C=CC(=O)NC1CC[C@@H]1[C@H]2CC[C@]2(C)C(C(=O)N(c3ccc(C(F)(F)F)cc3)C3CCCC3)CC[C@@H]12. The Kier molecular flexibility index (Phi) is 6.23. The second-order valence-electron chi connectivity index (χ2n) is 13.1. The molecule has 206 valence electrons. The standard InChI is InChI=1S/C31H39F3N2O2/c1-29-17-15-24-22(11-14-26-30(24,2)18-16-27(37)35-26)23(29)12-13-25(29)28(38)36(20-5-3-4-6-20)21-9-7-19(8-10-21)31(32,33)34/h7-10,16,18,20,22-26H,3-6,11-15,17H2,1-2H3,(H,35,37)/t22-,23-,24+,25?,26?,29-,30+/m0/s1. The first-order chi connectivity index (χ1) is 18.0. The molecule has 1 heterocycles. The number of rotatable bonds is 3. The number of hydrogen-bond donors (Lipinski definition) is 1. The van der Waals surface area contributed by atoms with E-state index in [2.05, 4.69) is 25.2 Å². The van der Waals surface area contributed by atoms with E-state index in [9.17, 15) is 22.8 Å². The summed E-state index contributed by atoms with van der Waals surface area (Å²) in [5, 5.41) is 3.21.